The summed E-state index contributed by atoms with van der Waals surface area (Å²) in [5.41, 5.74) is 2.26. The number of halogens is 2. The second-order valence-corrected chi connectivity index (χ2v) is 11.5. The molecule has 0 bridgehead atoms. The van der Waals surface area contributed by atoms with Crippen LogP contribution in [0.25, 0.3) is 11.2 Å². The molecule has 1 aliphatic heterocycles. The number of carboxylic acids is 1. The van der Waals surface area contributed by atoms with E-state index in [2.05, 4.69) is 31.3 Å². The molecule has 4 aromatic heterocycles. The van der Waals surface area contributed by atoms with E-state index in [1.54, 1.807) is 36.8 Å². The van der Waals surface area contributed by atoms with Crippen molar-refractivity contribution in [2.75, 3.05) is 13.1 Å². The lowest BCUT2D eigenvalue weighted by molar-refractivity contribution is 0.0691. The third kappa shape index (κ3) is 6.69. The summed E-state index contributed by atoms with van der Waals surface area (Å²) in [4.78, 5) is 32.0. The molecule has 0 radical (unpaired) electrons. The maximum absolute atomic E-state index is 11.6. The van der Waals surface area contributed by atoms with Gasteiger partial charge in [0.05, 0.1) is 36.3 Å². The van der Waals surface area contributed by atoms with Gasteiger partial charge in [-0.05, 0) is 69.1 Å². The second kappa shape index (κ2) is 12.7. The Balaban J connectivity index is 1.08. The summed E-state index contributed by atoms with van der Waals surface area (Å²) in [5.74, 6) is 2.14. The van der Waals surface area contributed by atoms with Crippen LogP contribution in [0.5, 0.6) is 5.75 Å². The minimum absolute atomic E-state index is 0.000858. The van der Waals surface area contributed by atoms with Gasteiger partial charge >= 0.3 is 5.97 Å². The average molecular weight is 625 g/mol. The van der Waals surface area contributed by atoms with Crippen molar-refractivity contribution in [3.05, 3.63) is 88.0 Å². The highest BCUT2D eigenvalue weighted by atomic mass is 35.5. The Kier molecular flexibility index (Phi) is 8.64. The molecule has 0 atom stereocenters. The number of carboxylic acid groups (broad SMARTS) is 1. The molecule has 0 unspecified atom stereocenters. The Morgan fingerprint density at radius 3 is 2.72 bits per heavy atom. The van der Waals surface area contributed by atoms with Gasteiger partial charge in [0.25, 0.3) is 0 Å². The van der Waals surface area contributed by atoms with Crippen LogP contribution in [0.1, 0.15) is 53.4 Å². The van der Waals surface area contributed by atoms with Crippen LogP contribution in [-0.2, 0) is 32.7 Å². The van der Waals surface area contributed by atoms with Crippen molar-refractivity contribution >= 4 is 40.3 Å². The molecule has 1 saturated heterocycles. The number of oxazole rings is 1. The van der Waals surface area contributed by atoms with Crippen molar-refractivity contribution in [2.45, 2.75) is 52.4 Å². The highest BCUT2D eigenvalue weighted by Crippen LogP contribution is 2.29. The van der Waals surface area contributed by atoms with E-state index < -0.39 is 5.97 Å². The fourth-order valence-corrected chi connectivity index (χ4v) is 5.92. The molecule has 1 N–H and O–H groups in total. The van der Waals surface area contributed by atoms with E-state index in [0.717, 1.165) is 56.2 Å². The highest BCUT2D eigenvalue weighted by molar-refractivity contribution is 6.35. The van der Waals surface area contributed by atoms with E-state index in [9.17, 15) is 9.90 Å². The average Bonchev–Trinajstić information content (AvgIpc) is 3.72. The molecule has 5 aromatic rings. The summed E-state index contributed by atoms with van der Waals surface area (Å²) >= 11 is 12.1. The zero-order chi connectivity index (χ0) is 29.9. The van der Waals surface area contributed by atoms with Crippen LogP contribution in [0.2, 0.25) is 10.0 Å². The first-order valence-corrected chi connectivity index (χ1v) is 14.9. The highest BCUT2D eigenvalue weighted by Gasteiger charge is 2.24. The number of ether oxygens (including phenoxy) is 1. The van der Waals surface area contributed by atoms with Crippen LogP contribution >= 0.6 is 23.2 Å². The lowest BCUT2D eigenvalue weighted by Crippen LogP contribution is -2.34. The molecule has 5 heterocycles. The van der Waals surface area contributed by atoms with Gasteiger partial charge in [0.2, 0.25) is 5.89 Å². The number of aromatic nitrogens is 6. The number of pyridine rings is 1. The number of likely N-dealkylation sites (tertiary alicyclic amines) is 1. The summed E-state index contributed by atoms with van der Waals surface area (Å²) in [5, 5.41) is 10.5. The quantitative estimate of drug-likeness (QED) is 0.196. The predicted molar refractivity (Wildman–Crippen MR) is 160 cm³/mol. The third-order valence-electron chi connectivity index (χ3n) is 7.76. The third-order valence-corrected chi connectivity index (χ3v) is 8.29. The minimum Gasteiger partial charge on any atom is -0.482 e. The first-order chi connectivity index (χ1) is 20.9. The molecule has 13 heteroatoms. The van der Waals surface area contributed by atoms with E-state index in [0.29, 0.717) is 51.9 Å². The molecule has 0 saturated carbocycles. The number of benzene rings is 1. The van der Waals surface area contributed by atoms with E-state index in [-0.39, 0.29) is 12.3 Å². The van der Waals surface area contributed by atoms with Gasteiger partial charge in [-0.2, -0.15) is 0 Å². The largest absolute Gasteiger partial charge is 0.482 e. The Labute approximate surface area is 258 Å². The van der Waals surface area contributed by atoms with Crippen molar-refractivity contribution in [2.24, 2.45) is 5.92 Å². The van der Waals surface area contributed by atoms with Gasteiger partial charge in [0.1, 0.15) is 22.9 Å². The number of imidazole rings is 2. The zero-order valence-electron chi connectivity index (χ0n) is 23.6. The summed E-state index contributed by atoms with van der Waals surface area (Å²) in [6.07, 6.45) is 8.24. The van der Waals surface area contributed by atoms with E-state index >= 15 is 0 Å². The molecule has 1 fully saturated rings. The molecule has 0 spiro atoms. The Morgan fingerprint density at radius 1 is 1.12 bits per heavy atom. The van der Waals surface area contributed by atoms with Crippen molar-refractivity contribution < 1.29 is 19.1 Å². The fraction of sp³-hybridized carbons (Fsp3) is 0.367. The van der Waals surface area contributed by atoms with Crippen LogP contribution in [0.15, 0.2) is 53.5 Å². The molecular formula is C30H31Cl2N7O4. The summed E-state index contributed by atoms with van der Waals surface area (Å²) < 4.78 is 15.8. The number of rotatable bonds is 11. The number of carbonyl (C=O) groups is 1. The Bertz CT molecular complexity index is 1740. The van der Waals surface area contributed by atoms with E-state index in [1.165, 1.54) is 6.07 Å². The Hall–Kier alpha value is -3.93. The van der Waals surface area contributed by atoms with Crippen LogP contribution in [0.4, 0.5) is 0 Å². The molecule has 1 aliphatic rings. The van der Waals surface area contributed by atoms with Crippen LogP contribution in [0.3, 0.4) is 0 Å². The molecule has 11 nitrogen and oxygen atoms in total. The molecule has 0 aliphatic carbocycles. The van der Waals surface area contributed by atoms with Gasteiger partial charge in [-0.1, -0.05) is 23.2 Å². The van der Waals surface area contributed by atoms with Crippen molar-refractivity contribution in [3.8, 4) is 5.75 Å². The number of piperidine rings is 1. The predicted octanol–water partition coefficient (Wildman–Crippen LogP) is 5.72. The number of hydrogen-bond donors (Lipinski definition) is 1. The smallest absolute Gasteiger partial charge is 0.354 e. The van der Waals surface area contributed by atoms with E-state index in [4.69, 9.17) is 37.3 Å². The van der Waals surface area contributed by atoms with Crippen molar-refractivity contribution in [1.29, 1.82) is 0 Å². The number of hydrogen-bond acceptors (Lipinski definition) is 8. The number of nitrogens with zero attached hydrogens (tertiary/aromatic N) is 7. The SMILES string of the molecule is CCn1cncc1Cn1c(CN2CCC(Cc3cnc(COc4ccc(Cl)cc4Cl)o3)CC2)nc2ccc(C(=O)O)nc21. The van der Waals surface area contributed by atoms with Gasteiger partial charge < -0.3 is 23.4 Å². The van der Waals surface area contributed by atoms with Gasteiger partial charge in [0.15, 0.2) is 17.9 Å². The summed E-state index contributed by atoms with van der Waals surface area (Å²) in [7, 11) is 0. The maximum Gasteiger partial charge on any atom is 0.354 e. The number of aromatic carboxylic acids is 1. The molecule has 6 rings (SSSR count). The lowest BCUT2D eigenvalue weighted by atomic mass is 9.93. The zero-order valence-corrected chi connectivity index (χ0v) is 25.1. The van der Waals surface area contributed by atoms with Crippen LogP contribution in [0, 0.1) is 5.92 Å². The number of fused-ring (bicyclic) bond motifs is 1. The lowest BCUT2D eigenvalue weighted by Gasteiger charge is -2.31. The van der Waals surface area contributed by atoms with Crippen molar-refractivity contribution in [3.63, 3.8) is 0 Å². The minimum atomic E-state index is -1.06. The fourth-order valence-electron chi connectivity index (χ4n) is 5.46. The summed E-state index contributed by atoms with van der Waals surface area (Å²) in [6.45, 7) is 6.00. The number of aryl methyl sites for hydroxylation is 1. The first-order valence-electron chi connectivity index (χ1n) is 14.2. The van der Waals surface area contributed by atoms with Crippen molar-refractivity contribution in [1.82, 2.24) is 34.0 Å². The van der Waals surface area contributed by atoms with E-state index in [1.807, 2.05) is 10.8 Å². The van der Waals surface area contributed by atoms with Crippen LogP contribution in [-0.4, -0.2) is 58.1 Å². The van der Waals surface area contributed by atoms with Gasteiger partial charge in [-0.15, -0.1) is 0 Å². The molecule has 224 valence electrons. The van der Waals surface area contributed by atoms with Gasteiger partial charge in [-0.25, -0.2) is 24.7 Å². The molecule has 43 heavy (non-hydrogen) atoms. The standard InChI is InChI=1S/C30H31Cl2N7O4/c1-2-38-18-33-13-21(38)15-39-27(35-24-4-5-25(30(40)41)36-29(24)39)16-37-9-7-19(8-10-37)11-22-14-34-28(43-22)17-42-26-6-3-20(31)12-23(26)32/h3-6,12-14,18-19H,2,7-11,15-17H2,1H3,(H,40,41). The van der Waals surface area contributed by atoms with Crippen LogP contribution < -0.4 is 4.74 Å². The first kappa shape index (κ1) is 29.2. The maximum atomic E-state index is 11.6. The molecule has 0 amide bonds. The van der Waals surface area contributed by atoms with Gasteiger partial charge in [0, 0.05) is 24.2 Å². The Morgan fingerprint density at radius 2 is 1.95 bits per heavy atom. The normalized spacial score (nSPS) is 14.5. The monoisotopic (exact) mass is 623 g/mol. The molecular weight excluding hydrogens is 593 g/mol. The molecule has 1 aromatic carbocycles. The summed E-state index contributed by atoms with van der Waals surface area (Å²) in [6, 6.07) is 8.31. The topological polar surface area (TPSA) is 124 Å². The van der Waals surface area contributed by atoms with Gasteiger partial charge in [-0.3, -0.25) is 4.90 Å². The second-order valence-electron chi connectivity index (χ2n) is 10.6.